The van der Waals surface area contributed by atoms with E-state index in [0.717, 1.165) is 58.7 Å². The number of halogens is 2. The molecular formula is C22H23BrClN5S. The molecule has 1 aliphatic rings. The topological polar surface area (TPSA) is 36.3 Å². The lowest BCUT2D eigenvalue weighted by molar-refractivity contribution is 0.176. The number of aromatic nitrogens is 2. The molecule has 5 nitrogen and oxygen atoms in total. The maximum Gasteiger partial charge on any atom is 0.174 e. The number of nitrogens with zero attached hydrogens (tertiary/aromatic N) is 4. The van der Waals surface area contributed by atoms with Gasteiger partial charge in [0.25, 0.3) is 0 Å². The zero-order valence-corrected chi connectivity index (χ0v) is 19.6. The van der Waals surface area contributed by atoms with E-state index in [-0.39, 0.29) is 0 Å². The summed E-state index contributed by atoms with van der Waals surface area (Å²) in [5, 5.41) is 9.32. The van der Waals surface area contributed by atoms with Gasteiger partial charge in [-0.2, -0.15) is 5.10 Å². The van der Waals surface area contributed by atoms with Crippen LogP contribution in [0.1, 0.15) is 11.1 Å². The highest BCUT2D eigenvalue weighted by molar-refractivity contribution is 9.10. The Morgan fingerprint density at radius 2 is 1.67 bits per heavy atom. The highest BCUT2D eigenvalue weighted by atomic mass is 79.9. The summed E-state index contributed by atoms with van der Waals surface area (Å²) in [6, 6.07) is 18.1. The Morgan fingerprint density at radius 3 is 2.40 bits per heavy atom. The molecule has 2 aromatic carbocycles. The Hall–Kier alpha value is -1.93. The van der Waals surface area contributed by atoms with Gasteiger partial charge in [-0.05, 0) is 35.5 Å². The van der Waals surface area contributed by atoms with Gasteiger partial charge in [-0.3, -0.25) is 9.58 Å². The van der Waals surface area contributed by atoms with Gasteiger partial charge in [0.2, 0.25) is 0 Å². The molecule has 1 aromatic heterocycles. The lowest BCUT2D eigenvalue weighted by Crippen LogP contribution is -2.49. The summed E-state index contributed by atoms with van der Waals surface area (Å²) in [4.78, 5) is 4.66. The van der Waals surface area contributed by atoms with Crippen LogP contribution < -0.4 is 5.32 Å². The first kappa shape index (κ1) is 21.3. The predicted molar refractivity (Wildman–Crippen MR) is 130 cm³/mol. The third-order valence-corrected chi connectivity index (χ3v) is 6.68. The van der Waals surface area contributed by atoms with E-state index in [0.29, 0.717) is 6.54 Å². The van der Waals surface area contributed by atoms with Crippen LogP contribution in [-0.4, -0.2) is 50.9 Å². The third kappa shape index (κ3) is 5.40. The molecule has 1 fully saturated rings. The standard InChI is InChI=1S/C22H23BrClN5S/c23-19-7-3-1-5-17(19)15-27-11-13-28(14-12-27)22(30)25-21-9-10-29(26-21)16-18-6-2-4-8-20(18)24/h1-10H,11-16H2,(H,25,26,30). The van der Waals surface area contributed by atoms with Crippen molar-refractivity contribution in [2.75, 3.05) is 31.5 Å². The SMILES string of the molecule is S=C(Nc1ccn(Cc2ccccc2Cl)n1)N1CCN(Cc2ccccc2Br)CC1. The van der Waals surface area contributed by atoms with Gasteiger partial charge in [-0.25, -0.2) is 0 Å². The summed E-state index contributed by atoms with van der Waals surface area (Å²) in [6.45, 7) is 5.32. The van der Waals surface area contributed by atoms with Crippen LogP contribution in [-0.2, 0) is 13.1 Å². The lowest BCUT2D eigenvalue weighted by Gasteiger charge is -2.36. The van der Waals surface area contributed by atoms with E-state index in [2.05, 4.69) is 54.3 Å². The Kier molecular flexibility index (Phi) is 7.04. The number of anilines is 1. The van der Waals surface area contributed by atoms with Crippen molar-refractivity contribution >= 4 is 50.7 Å². The number of piperazine rings is 1. The molecule has 0 atom stereocenters. The number of rotatable bonds is 5. The van der Waals surface area contributed by atoms with E-state index < -0.39 is 0 Å². The van der Waals surface area contributed by atoms with Crippen LogP contribution in [0, 0.1) is 0 Å². The largest absolute Gasteiger partial charge is 0.346 e. The molecular weight excluding hydrogens is 482 g/mol. The molecule has 0 spiro atoms. The average molecular weight is 505 g/mol. The minimum atomic E-state index is 0.627. The van der Waals surface area contributed by atoms with Crippen molar-refractivity contribution < 1.29 is 0 Å². The van der Waals surface area contributed by atoms with Crippen LogP contribution in [0.3, 0.4) is 0 Å². The first-order chi connectivity index (χ1) is 14.6. The average Bonchev–Trinajstić information content (AvgIpc) is 3.19. The summed E-state index contributed by atoms with van der Waals surface area (Å²) in [6.07, 6.45) is 1.93. The maximum absolute atomic E-state index is 6.25. The summed E-state index contributed by atoms with van der Waals surface area (Å²) in [5.41, 5.74) is 2.35. The molecule has 0 bridgehead atoms. The third-order valence-electron chi connectivity index (χ3n) is 5.18. The Balaban J connectivity index is 1.28. The second-order valence-electron chi connectivity index (χ2n) is 7.27. The molecule has 0 saturated carbocycles. The minimum Gasteiger partial charge on any atom is -0.346 e. The molecule has 0 radical (unpaired) electrons. The van der Waals surface area contributed by atoms with Crippen LogP contribution in [0.25, 0.3) is 0 Å². The van der Waals surface area contributed by atoms with Crippen molar-refractivity contribution in [1.29, 1.82) is 0 Å². The summed E-state index contributed by atoms with van der Waals surface area (Å²) in [5.74, 6) is 0.752. The quantitative estimate of drug-likeness (QED) is 0.502. The van der Waals surface area contributed by atoms with E-state index in [1.165, 1.54) is 5.56 Å². The van der Waals surface area contributed by atoms with Gasteiger partial charge in [-0.1, -0.05) is 63.9 Å². The summed E-state index contributed by atoms with van der Waals surface area (Å²) >= 11 is 15.5. The fourth-order valence-electron chi connectivity index (χ4n) is 3.48. The molecule has 1 N–H and O–H groups in total. The zero-order chi connectivity index (χ0) is 20.9. The van der Waals surface area contributed by atoms with Gasteiger partial charge in [0.05, 0.1) is 6.54 Å². The zero-order valence-electron chi connectivity index (χ0n) is 16.5. The maximum atomic E-state index is 6.25. The Bertz CT molecular complexity index is 1020. The Labute approximate surface area is 195 Å². The number of hydrogen-bond donors (Lipinski definition) is 1. The molecule has 0 aliphatic carbocycles. The second kappa shape index (κ2) is 9.92. The molecule has 0 amide bonds. The number of nitrogens with one attached hydrogen (secondary N) is 1. The van der Waals surface area contributed by atoms with Gasteiger partial charge >= 0.3 is 0 Å². The molecule has 1 saturated heterocycles. The second-order valence-corrected chi connectivity index (χ2v) is 8.92. The fraction of sp³-hybridized carbons (Fsp3) is 0.273. The number of hydrogen-bond acceptors (Lipinski definition) is 3. The first-order valence-corrected chi connectivity index (χ1v) is 11.4. The van der Waals surface area contributed by atoms with Crippen molar-refractivity contribution in [3.8, 4) is 0 Å². The van der Waals surface area contributed by atoms with Crippen molar-refractivity contribution in [2.24, 2.45) is 0 Å². The fourth-order valence-corrected chi connectivity index (χ4v) is 4.38. The van der Waals surface area contributed by atoms with Crippen LogP contribution in [0.15, 0.2) is 65.3 Å². The van der Waals surface area contributed by atoms with Gasteiger partial charge in [0, 0.05) is 54.5 Å². The molecule has 1 aliphatic heterocycles. The van der Waals surface area contributed by atoms with Gasteiger partial charge < -0.3 is 10.2 Å². The van der Waals surface area contributed by atoms with E-state index in [4.69, 9.17) is 23.8 Å². The minimum absolute atomic E-state index is 0.627. The van der Waals surface area contributed by atoms with Crippen molar-refractivity contribution in [3.63, 3.8) is 0 Å². The van der Waals surface area contributed by atoms with Gasteiger partial charge in [-0.15, -0.1) is 0 Å². The summed E-state index contributed by atoms with van der Waals surface area (Å²) in [7, 11) is 0. The van der Waals surface area contributed by atoms with Crippen molar-refractivity contribution in [1.82, 2.24) is 19.6 Å². The van der Waals surface area contributed by atoms with Crippen LogP contribution in [0.2, 0.25) is 5.02 Å². The van der Waals surface area contributed by atoms with Crippen molar-refractivity contribution in [2.45, 2.75) is 13.1 Å². The first-order valence-electron chi connectivity index (χ1n) is 9.87. The molecule has 0 unspecified atom stereocenters. The van der Waals surface area contributed by atoms with Gasteiger partial charge in [0.15, 0.2) is 10.9 Å². The molecule has 4 rings (SSSR count). The predicted octanol–water partition coefficient (Wildman–Crippen LogP) is 4.86. The highest BCUT2D eigenvalue weighted by Gasteiger charge is 2.20. The monoisotopic (exact) mass is 503 g/mol. The van der Waals surface area contributed by atoms with Gasteiger partial charge in [0.1, 0.15) is 0 Å². The molecule has 156 valence electrons. The van der Waals surface area contributed by atoms with E-state index in [9.17, 15) is 0 Å². The van der Waals surface area contributed by atoms with E-state index in [1.54, 1.807) is 0 Å². The van der Waals surface area contributed by atoms with Crippen LogP contribution in [0.5, 0.6) is 0 Å². The summed E-state index contributed by atoms with van der Waals surface area (Å²) < 4.78 is 3.03. The molecule has 2 heterocycles. The number of benzene rings is 2. The molecule has 30 heavy (non-hydrogen) atoms. The van der Waals surface area contributed by atoms with E-state index >= 15 is 0 Å². The smallest absolute Gasteiger partial charge is 0.174 e. The van der Waals surface area contributed by atoms with E-state index in [1.807, 2.05) is 47.3 Å². The highest BCUT2D eigenvalue weighted by Crippen LogP contribution is 2.19. The molecule has 8 heteroatoms. The van der Waals surface area contributed by atoms with Crippen LogP contribution >= 0.6 is 39.7 Å². The van der Waals surface area contributed by atoms with Crippen molar-refractivity contribution in [3.05, 3.63) is 81.4 Å². The van der Waals surface area contributed by atoms with Crippen LogP contribution in [0.4, 0.5) is 5.82 Å². The normalized spacial score (nSPS) is 14.7. The number of thiocarbonyl (C=S) groups is 1. The molecule has 3 aromatic rings. The Morgan fingerprint density at radius 1 is 0.967 bits per heavy atom. The lowest BCUT2D eigenvalue weighted by atomic mass is 10.2.